The van der Waals surface area contributed by atoms with Gasteiger partial charge in [-0.1, -0.05) is 6.92 Å². The first-order chi connectivity index (χ1) is 5.15. The van der Waals surface area contributed by atoms with E-state index in [1.807, 2.05) is 13.8 Å². The molecule has 2 amide bonds. The Balaban J connectivity index is 2.85. The van der Waals surface area contributed by atoms with Crippen molar-refractivity contribution in [2.75, 3.05) is 0 Å². The first-order valence-corrected chi connectivity index (χ1v) is 3.92. The van der Waals surface area contributed by atoms with Crippen LogP contribution in [0, 0.1) is 0 Å². The van der Waals surface area contributed by atoms with Crippen molar-refractivity contribution in [2.24, 2.45) is 0 Å². The first-order valence-electron chi connectivity index (χ1n) is 3.92. The average molecular weight is 154 g/mol. The van der Waals surface area contributed by atoms with E-state index in [4.69, 9.17) is 0 Å². The number of amides is 2. The van der Waals surface area contributed by atoms with Crippen LogP contribution in [0.5, 0.6) is 0 Å². The Labute approximate surface area is 66.9 Å². The second kappa shape index (κ2) is 2.95. The molecule has 1 heterocycles. The highest BCUT2D eigenvalue weighted by atomic mass is 16.2. The van der Waals surface area contributed by atoms with E-state index in [1.54, 1.807) is 0 Å². The van der Waals surface area contributed by atoms with Gasteiger partial charge in [-0.2, -0.15) is 0 Å². The number of hydrogen-bond acceptors (Lipinski definition) is 1. The molecule has 0 saturated carbocycles. The van der Waals surface area contributed by atoms with Gasteiger partial charge in [0, 0.05) is 5.70 Å². The zero-order valence-corrected chi connectivity index (χ0v) is 7.19. The van der Waals surface area contributed by atoms with Crippen LogP contribution in [0.4, 0.5) is 4.79 Å². The molecule has 0 aromatic heterocycles. The van der Waals surface area contributed by atoms with Crippen LogP contribution in [-0.4, -0.2) is 12.1 Å². The maximum absolute atomic E-state index is 10.9. The first kappa shape index (κ1) is 8.11. The quantitative estimate of drug-likeness (QED) is 0.588. The van der Waals surface area contributed by atoms with Gasteiger partial charge in [0.15, 0.2) is 0 Å². The second-order valence-corrected chi connectivity index (χ2v) is 2.82. The number of urea groups is 1. The van der Waals surface area contributed by atoms with Crippen molar-refractivity contribution in [1.29, 1.82) is 0 Å². The Hall–Kier alpha value is -0.990. The summed E-state index contributed by atoms with van der Waals surface area (Å²) in [6.07, 6.45) is 0.986. The lowest BCUT2D eigenvalue weighted by Gasteiger charge is -2.25. The predicted molar refractivity (Wildman–Crippen MR) is 44.1 cm³/mol. The average Bonchev–Trinajstić information content (AvgIpc) is 1.85. The van der Waals surface area contributed by atoms with E-state index in [9.17, 15) is 4.79 Å². The largest absolute Gasteiger partial charge is 0.332 e. The van der Waals surface area contributed by atoms with Crippen LogP contribution < -0.4 is 10.6 Å². The highest BCUT2D eigenvalue weighted by molar-refractivity contribution is 5.78. The van der Waals surface area contributed by atoms with Crippen molar-refractivity contribution < 1.29 is 4.79 Å². The Morgan fingerprint density at radius 2 is 2.18 bits per heavy atom. The monoisotopic (exact) mass is 154 g/mol. The minimum Gasteiger partial charge on any atom is -0.332 e. The Morgan fingerprint density at radius 3 is 2.64 bits per heavy atom. The summed E-state index contributed by atoms with van der Waals surface area (Å²) in [5.41, 5.74) is 2.29. The Morgan fingerprint density at radius 1 is 1.55 bits per heavy atom. The molecular weight excluding hydrogens is 140 g/mol. The van der Waals surface area contributed by atoms with Crippen LogP contribution >= 0.6 is 0 Å². The maximum Gasteiger partial charge on any atom is 0.319 e. The van der Waals surface area contributed by atoms with Crippen LogP contribution in [0.2, 0.25) is 0 Å². The third kappa shape index (κ3) is 1.53. The summed E-state index contributed by atoms with van der Waals surface area (Å²) in [4.78, 5) is 10.9. The number of allylic oxidation sites excluding steroid dienone is 1. The minimum absolute atomic E-state index is 0.0906. The highest BCUT2D eigenvalue weighted by Gasteiger charge is 2.18. The van der Waals surface area contributed by atoms with Crippen molar-refractivity contribution in [2.45, 2.75) is 33.2 Å². The van der Waals surface area contributed by atoms with Crippen LogP contribution in [0.1, 0.15) is 27.2 Å². The molecule has 0 spiro atoms. The van der Waals surface area contributed by atoms with E-state index in [2.05, 4.69) is 17.6 Å². The molecule has 0 aromatic carbocycles. The van der Waals surface area contributed by atoms with Gasteiger partial charge in [0.1, 0.15) is 0 Å². The van der Waals surface area contributed by atoms with Crippen molar-refractivity contribution >= 4 is 6.03 Å². The van der Waals surface area contributed by atoms with Gasteiger partial charge in [-0.3, -0.25) is 0 Å². The lowest BCUT2D eigenvalue weighted by atomic mass is 10.0. The Kier molecular flexibility index (Phi) is 2.17. The molecule has 0 radical (unpaired) electrons. The van der Waals surface area contributed by atoms with Crippen LogP contribution in [-0.2, 0) is 0 Å². The molecule has 0 fully saturated rings. The van der Waals surface area contributed by atoms with Crippen LogP contribution in [0.15, 0.2) is 11.3 Å². The lowest BCUT2D eigenvalue weighted by molar-refractivity contribution is 0.239. The van der Waals surface area contributed by atoms with Crippen LogP contribution in [0.25, 0.3) is 0 Å². The summed E-state index contributed by atoms with van der Waals surface area (Å²) in [7, 11) is 0. The molecular formula is C8H14N2O. The third-order valence-corrected chi connectivity index (χ3v) is 2.03. The molecule has 3 heteroatoms. The predicted octanol–water partition coefficient (Wildman–Crippen LogP) is 1.37. The number of carbonyl (C=O) groups is 1. The van der Waals surface area contributed by atoms with Crippen molar-refractivity contribution in [3.05, 3.63) is 11.3 Å². The summed E-state index contributed by atoms with van der Waals surface area (Å²) in [6.45, 7) is 6.03. The van der Waals surface area contributed by atoms with Gasteiger partial charge < -0.3 is 10.6 Å². The molecule has 3 nitrogen and oxygen atoms in total. The minimum atomic E-state index is -0.0906. The van der Waals surface area contributed by atoms with Crippen molar-refractivity contribution in [1.82, 2.24) is 10.6 Å². The molecule has 0 saturated heterocycles. The molecule has 0 bridgehead atoms. The fourth-order valence-corrected chi connectivity index (χ4v) is 1.47. The topological polar surface area (TPSA) is 41.1 Å². The van der Waals surface area contributed by atoms with E-state index in [1.165, 1.54) is 5.57 Å². The van der Waals surface area contributed by atoms with E-state index in [0.29, 0.717) is 0 Å². The van der Waals surface area contributed by atoms with E-state index in [-0.39, 0.29) is 12.1 Å². The summed E-state index contributed by atoms with van der Waals surface area (Å²) in [6, 6.07) is 0.0981. The SMILES string of the molecule is CCC1=C(C)NC(=O)NC1C. The second-order valence-electron chi connectivity index (χ2n) is 2.82. The van der Waals surface area contributed by atoms with Gasteiger partial charge in [0.25, 0.3) is 0 Å². The van der Waals surface area contributed by atoms with Gasteiger partial charge in [0.2, 0.25) is 0 Å². The fraction of sp³-hybridized carbons (Fsp3) is 0.625. The molecule has 62 valence electrons. The van der Waals surface area contributed by atoms with E-state index in [0.717, 1.165) is 12.1 Å². The Bertz CT molecular complexity index is 208. The zero-order valence-electron chi connectivity index (χ0n) is 7.19. The molecule has 0 aliphatic carbocycles. The fourth-order valence-electron chi connectivity index (χ4n) is 1.47. The lowest BCUT2D eigenvalue weighted by Crippen LogP contribution is -2.46. The summed E-state index contributed by atoms with van der Waals surface area (Å²) in [5, 5.41) is 5.54. The number of rotatable bonds is 1. The van der Waals surface area contributed by atoms with Crippen molar-refractivity contribution in [3.63, 3.8) is 0 Å². The molecule has 1 rings (SSSR count). The van der Waals surface area contributed by atoms with E-state index >= 15 is 0 Å². The maximum atomic E-state index is 10.9. The number of hydrogen-bond donors (Lipinski definition) is 2. The van der Waals surface area contributed by atoms with Gasteiger partial charge in [-0.05, 0) is 25.8 Å². The normalized spacial score (nSPS) is 24.6. The molecule has 2 N–H and O–H groups in total. The summed E-state index contributed by atoms with van der Waals surface area (Å²) >= 11 is 0. The summed E-state index contributed by atoms with van der Waals surface area (Å²) in [5.74, 6) is 0. The molecule has 0 aromatic rings. The van der Waals surface area contributed by atoms with Crippen LogP contribution in [0.3, 0.4) is 0 Å². The van der Waals surface area contributed by atoms with Gasteiger partial charge in [0.05, 0.1) is 6.04 Å². The smallest absolute Gasteiger partial charge is 0.319 e. The van der Waals surface area contributed by atoms with Gasteiger partial charge >= 0.3 is 6.03 Å². The molecule has 1 unspecified atom stereocenters. The van der Waals surface area contributed by atoms with Gasteiger partial charge in [-0.15, -0.1) is 0 Å². The molecule has 11 heavy (non-hydrogen) atoms. The van der Waals surface area contributed by atoms with Gasteiger partial charge in [-0.25, -0.2) is 4.79 Å². The molecule has 1 aliphatic rings. The zero-order chi connectivity index (χ0) is 8.43. The highest BCUT2D eigenvalue weighted by Crippen LogP contribution is 2.14. The summed E-state index contributed by atoms with van der Waals surface area (Å²) < 4.78 is 0. The number of nitrogens with one attached hydrogen (secondary N) is 2. The number of carbonyl (C=O) groups excluding carboxylic acids is 1. The molecule has 1 atom stereocenters. The standard InChI is InChI=1S/C8H14N2O/c1-4-7-5(2)9-8(11)10-6(7)3/h5H,4H2,1-3H3,(H2,9,10,11). The molecule has 1 aliphatic heterocycles. The van der Waals surface area contributed by atoms with Crippen molar-refractivity contribution in [3.8, 4) is 0 Å². The van der Waals surface area contributed by atoms with E-state index < -0.39 is 0 Å². The third-order valence-electron chi connectivity index (χ3n) is 2.03.